The van der Waals surface area contributed by atoms with Crippen LogP contribution in [0.15, 0.2) is 0 Å². The summed E-state index contributed by atoms with van der Waals surface area (Å²) in [6.45, 7) is 6.03. The second-order valence-corrected chi connectivity index (χ2v) is 5.67. The van der Waals surface area contributed by atoms with Crippen molar-refractivity contribution < 1.29 is 9.53 Å². The third kappa shape index (κ3) is 3.19. The maximum absolute atomic E-state index is 12.4. The van der Waals surface area contributed by atoms with E-state index in [0.29, 0.717) is 12.0 Å². The number of hydrogen-bond donors (Lipinski definition) is 1. The van der Waals surface area contributed by atoms with Gasteiger partial charge in [0.05, 0.1) is 12.1 Å². The number of methoxy groups -OCH3 is 1. The average molecular weight is 240 g/mol. The van der Waals surface area contributed by atoms with Gasteiger partial charge in [0.25, 0.3) is 0 Å². The van der Waals surface area contributed by atoms with E-state index in [1.54, 1.807) is 7.11 Å². The van der Waals surface area contributed by atoms with Gasteiger partial charge >= 0.3 is 0 Å². The van der Waals surface area contributed by atoms with Gasteiger partial charge in [-0.05, 0) is 25.2 Å². The van der Waals surface area contributed by atoms with Crippen LogP contribution in [0.2, 0.25) is 0 Å². The molecule has 4 heteroatoms. The maximum Gasteiger partial charge on any atom is 0.240 e. The van der Waals surface area contributed by atoms with Crippen molar-refractivity contribution in [2.45, 2.75) is 51.3 Å². The molecule has 1 amide bonds. The lowest BCUT2D eigenvalue weighted by molar-refractivity contribution is -0.134. The quantitative estimate of drug-likeness (QED) is 0.780. The molecule has 2 rings (SSSR count). The summed E-state index contributed by atoms with van der Waals surface area (Å²) in [4.78, 5) is 14.5. The fraction of sp³-hybridized carbons (Fsp3) is 0.923. The van der Waals surface area contributed by atoms with Gasteiger partial charge in [0.15, 0.2) is 0 Å². The molecule has 1 saturated heterocycles. The average Bonchev–Trinajstić information content (AvgIpc) is 3.02. The first kappa shape index (κ1) is 12.8. The standard InChI is InChI=1S/C13H24N2O2/c1-9(2)8-15(10-4-5-10)13(16)12-6-11(17-3)7-14-12/h9-12,14H,4-8H2,1-3H3. The first-order valence-electron chi connectivity index (χ1n) is 6.68. The molecule has 1 aliphatic carbocycles. The Kier molecular flexibility index (Phi) is 4.05. The van der Waals surface area contributed by atoms with E-state index in [1.165, 1.54) is 12.8 Å². The van der Waals surface area contributed by atoms with Gasteiger partial charge < -0.3 is 15.0 Å². The van der Waals surface area contributed by atoms with Gasteiger partial charge in [0.1, 0.15) is 0 Å². The molecule has 0 aromatic rings. The predicted octanol–water partition coefficient (Wildman–Crippen LogP) is 1.01. The molecular formula is C13H24N2O2. The summed E-state index contributed by atoms with van der Waals surface area (Å²) in [5, 5.41) is 3.28. The van der Waals surface area contributed by atoms with E-state index in [-0.39, 0.29) is 18.1 Å². The molecule has 98 valence electrons. The predicted molar refractivity (Wildman–Crippen MR) is 66.8 cm³/mol. The molecule has 1 heterocycles. The van der Waals surface area contributed by atoms with Crippen LogP contribution in [0.1, 0.15) is 33.1 Å². The van der Waals surface area contributed by atoms with Crippen LogP contribution >= 0.6 is 0 Å². The highest BCUT2D eigenvalue weighted by molar-refractivity contribution is 5.83. The van der Waals surface area contributed by atoms with E-state index in [1.807, 2.05) is 0 Å². The largest absolute Gasteiger partial charge is 0.380 e. The highest BCUT2D eigenvalue weighted by Gasteiger charge is 2.38. The Morgan fingerprint density at radius 3 is 2.65 bits per heavy atom. The third-order valence-corrected chi connectivity index (χ3v) is 3.55. The number of nitrogens with zero attached hydrogens (tertiary/aromatic N) is 1. The van der Waals surface area contributed by atoms with E-state index in [0.717, 1.165) is 19.5 Å². The minimum absolute atomic E-state index is 0.0284. The first-order chi connectivity index (χ1) is 8.11. The number of nitrogens with one attached hydrogen (secondary N) is 1. The topological polar surface area (TPSA) is 41.6 Å². The van der Waals surface area contributed by atoms with Crippen molar-refractivity contribution in [2.24, 2.45) is 5.92 Å². The first-order valence-corrected chi connectivity index (χ1v) is 6.68. The Labute approximate surface area is 104 Å². The summed E-state index contributed by atoms with van der Waals surface area (Å²) in [6.07, 6.45) is 3.37. The minimum atomic E-state index is -0.0284. The van der Waals surface area contributed by atoms with Gasteiger partial charge in [0.2, 0.25) is 5.91 Å². The molecule has 1 N–H and O–H groups in total. The number of hydrogen-bond acceptors (Lipinski definition) is 3. The van der Waals surface area contributed by atoms with Crippen LogP contribution in [0.3, 0.4) is 0 Å². The SMILES string of the molecule is COC1CNC(C(=O)N(CC(C)C)C2CC2)C1. The number of ether oxygens (including phenoxy) is 1. The molecule has 2 atom stereocenters. The summed E-state index contributed by atoms with van der Waals surface area (Å²) >= 11 is 0. The maximum atomic E-state index is 12.4. The zero-order valence-electron chi connectivity index (χ0n) is 11.1. The summed E-state index contributed by atoms with van der Waals surface area (Å²) < 4.78 is 5.30. The third-order valence-electron chi connectivity index (χ3n) is 3.55. The number of rotatable bonds is 5. The van der Waals surface area contributed by atoms with Gasteiger partial charge in [0, 0.05) is 26.2 Å². The lowest BCUT2D eigenvalue weighted by Gasteiger charge is -2.27. The van der Waals surface area contributed by atoms with Crippen molar-refractivity contribution in [3.05, 3.63) is 0 Å². The number of carbonyl (C=O) groups is 1. The van der Waals surface area contributed by atoms with Crippen LogP contribution in [0.5, 0.6) is 0 Å². The molecule has 1 saturated carbocycles. The highest BCUT2D eigenvalue weighted by Crippen LogP contribution is 2.29. The molecule has 0 aromatic heterocycles. The smallest absolute Gasteiger partial charge is 0.240 e. The normalized spacial score (nSPS) is 28.7. The number of carbonyl (C=O) groups excluding carboxylic acids is 1. The van der Waals surface area contributed by atoms with E-state index in [9.17, 15) is 4.79 Å². The molecule has 4 nitrogen and oxygen atoms in total. The number of amides is 1. The zero-order chi connectivity index (χ0) is 12.4. The summed E-state index contributed by atoms with van der Waals surface area (Å²) in [7, 11) is 1.71. The van der Waals surface area contributed by atoms with E-state index in [4.69, 9.17) is 4.74 Å². The molecule has 0 radical (unpaired) electrons. The van der Waals surface area contributed by atoms with Gasteiger partial charge in [-0.2, -0.15) is 0 Å². The molecule has 17 heavy (non-hydrogen) atoms. The molecule has 0 aromatic carbocycles. The molecular weight excluding hydrogens is 216 g/mol. The van der Waals surface area contributed by atoms with Crippen LogP contribution < -0.4 is 5.32 Å². The van der Waals surface area contributed by atoms with Gasteiger partial charge in [-0.15, -0.1) is 0 Å². The van der Waals surface area contributed by atoms with Crippen LogP contribution in [0.25, 0.3) is 0 Å². The zero-order valence-corrected chi connectivity index (χ0v) is 11.1. The van der Waals surface area contributed by atoms with Crippen molar-refractivity contribution in [3.8, 4) is 0 Å². The lowest BCUT2D eigenvalue weighted by Crippen LogP contribution is -2.46. The van der Waals surface area contributed by atoms with E-state index in [2.05, 4.69) is 24.1 Å². The molecule has 2 fully saturated rings. The van der Waals surface area contributed by atoms with Crippen molar-refractivity contribution in [1.29, 1.82) is 0 Å². The Hall–Kier alpha value is -0.610. The Balaban J connectivity index is 1.92. The lowest BCUT2D eigenvalue weighted by atomic mass is 10.1. The highest BCUT2D eigenvalue weighted by atomic mass is 16.5. The Morgan fingerprint density at radius 1 is 1.47 bits per heavy atom. The molecule has 0 bridgehead atoms. The second kappa shape index (κ2) is 5.36. The summed E-state index contributed by atoms with van der Waals surface area (Å²) in [5.74, 6) is 0.819. The summed E-state index contributed by atoms with van der Waals surface area (Å²) in [5.41, 5.74) is 0. The molecule has 0 spiro atoms. The van der Waals surface area contributed by atoms with Gasteiger partial charge in [-0.1, -0.05) is 13.8 Å². The van der Waals surface area contributed by atoms with E-state index >= 15 is 0 Å². The van der Waals surface area contributed by atoms with Crippen LogP contribution in [0.4, 0.5) is 0 Å². The molecule has 2 aliphatic rings. The second-order valence-electron chi connectivity index (χ2n) is 5.67. The fourth-order valence-corrected chi connectivity index (χ4v) is 2.47. The molecule has 1 aliphatic heterocycles. The van der Waals surface area contributed by atoms with Crippen LogP contribution in [-0.2, 0) is 9.53 Å². The van der Waals surface area contributed by atoms with Crippen LogP contribution in [0, 0.1) is 5.92 Å². The fourth-order valence-electron chi connectivity index (χ4n) is 2.47. The van der Waals surface area contributed by atoms with Crippen LogP contribution in [-0.4, -0.2) is 49.2 Å². The van der Waals surface area contributed by atoms with Gasteiger partial charge in [-0.3, -0.25) is 4.79 Å². The molecule has 2 unspecified atom stereocenters. The van der Waals surface area contributed by atoms with Crippen molar-refractivity contribution in [2.75, 3.05) is 20.2 Å². The van der Waals surface area contributed by atoms with Crippen molar-refractivity contribution in [1.82, 2.24) is 10.2 Å². The Bertz CT molecular complexity index is 277. The monoisotopic (exact) mass is 240 g/mol. The van der Waals surface area contributed by atoms with Crippen molar-refractivity contribution >= 4 is 5.91 Å². The van der Waals surface area contributed by atoms with Crippen molar-refractivity contribution in [3.63, 3.8) is 0 Å². The van der Waals surface area contributed by atoms with E-state index < -0.39 is 0 Å². The Morgan fingerprint density at radius 2 is 2.18 bits per heavy atom. The minimum Gasteiger partial charge on any atom is -0.380 e. The summed E-state index contributed by atoms with van der Waals surface area (Å²) in [6, 6.07) is 0.479. The van der Waals surface area contributed by atoms with Gasteiger partial charge in [-0.25, -0.2) is 0 Å².